The molecule has 0 aliphatic heterocycles. The second kappa shape index (κ2) is 7.09. The van der Waals surface area contributed by atoms with Crippen LogP contribution < -0.4 is 10.5 Å². The molecule has 1 aromatic carbocycles. The summed E-state index contributed by atoms with van der Waals surface area (Å²) in [6.07, 6.45) is 0.899. The summed E-state index contributed by atoms with van der Waals surface area (Å²) in [4.78, 5) is 0. The van der Waals surface area contributed by atoms with Crippen molar-refractivity contribution < 1.29 is 14.2 Å². The van der Waals surface area contributed by atoms with Crippen molar-refractivity contribution in [3.05, 3.63) is 23.8 Å². The van der Waals surface area contributed by atoms with Crippen LogP contribution in [0.4, 0.5) is 5.69 Å². The third kappa shape index (κ3) is 4.51. The van der Waals surface area contributed by atoms with Gasteiger partial charge in [-0.05, 0) is 24.1 Å². The maximum atomic E-state index is 5.73. The SMILES string of the molecule is COCCCOCc1cc(N)cc(OC)c1. The molecule has 2 N–H and O–H groups in total. The molecular weight excluding hydrogens is 206 g/mol. The van der Waals surface area contributed by atoms with Crippen LogP contribution in [0.15, 0.2) is 18.2 Å². The normalized spacial score (nSPS) is 10.4. The molecule has 0 amide bonds. The maximum Gasteiger partial charge on any atom is 0.121 e. The topological polar surface area (TPSA) is 53.7 Å². The molecule has 0 radical (unpaired) electrons. The van der Waals surface area contributed by atoms with Gasteiger partial charge in [-0.15, -0.1) is 0 Å². The van der Waals surface area contributed by atoms with Crippen molar-refractivity contribution >= 4 is 5.69 Å². The van der Waals surface area contributed by atoms with Gasteiger partial charge in [-0.1, -0.05) is 0 Å². The Morgan fingerprint density at radius 3 is 2.62 bits per heavy atom. The monoisotopic (exact) mass is 225 g/mol. The molecule has 0 saturated heterocycles. The van der Waals surface area contributed by atoms with E-state index in [2.05, 4.69) is 0 Å². The molecule has 4 nitrogen and oxygen atoms in total. The second-order valence-electron chi connectivity index (χ2n) is 3.51. The molecule has 0 fully saturated rings. The van der Waals surface area contributed by atoms with E-state index < -0.39 is 0 Å². The van der Waals surface area contributed by atoms with E-state index in [0.717, 1.165) is 24.3 Å². The van der Waals surface area contributed by atoms with Crippen LogP contribution in [0.5, 0.6) is 5.75 Å². The average molecular weight is 225 g/mol. The van der Waals surface area contributed by atoms with Gasteiger partial charge in [-0.25, -0.2) is 0 Å². The Bertz CT molecular complexity index is 315. The van der Waals surface area contributed by atoms with Gasteiger partial charge in [0.05, 0.1) is 13.7 Å². The van der Waals surface area contributed by atoms with Crippen molar-refractivity contribution in [1.29, 1.82) is 0 Å². The van der Waals surface area contributed by atoms with Crippen LogP contribution in [-0.4, -0.2) is 27.4 Å². The van der Waals surface area contributed by atoms with Gasteiger partial charge in [-0.2, -0.15) is 0 Å². The van der Waals surface area contributed by atoms with Crippen LogP contribution >= 0.6 is 0 Å². The predicted molar refractivity (Wildman–Crippen MR) is 63.6 cm³/mol. The first-order valence-corrected chi connectivity index (χ1v) is 5.26. The highest BCUT2D eigenvalue weighted by atomic mass is 16.5. The Kier molecular flexibility index (Phi) is 5.67. The highest BCUT2D eigenvalue weighted by Crippen LogP contribution is 2.18. The summed E-state index contributed by atoms with van der Waals surface area (Å²) >= 11 is 0. The number of nitrogen functional groups attached to an aromatic ring is 1. The molecule has 0 aromatic heterocycles. The number of ether oxygens (including phenoxy) is 3. The van der Waals surface area contributed by atoms with E-state index in [0.29, 0.717) is 18.9 Å². The standard InChI is InChI=1S/C12H19NO3/c1-14-4-3-5-16-9-10-6-11(13)8-12(7-10)15-2/h6-8H,3-5,9,13H2,1-2H3. The molecule has 0 spiro atoms. The number of hydrogen-bond acceptors (Lipinski definition) is 4. The average Bonchev–Trinajstić information content (AvgIpc) is 2.28. The minimum Gasteiger partial charge on any atom is -0.497 e. The minimum atomic E-state index is 0.547. The second-order valence-corrected chi connectivity index (χ2v) is 3.51. The van der Waals surface area contributed by atoms with E-state index in [9.17, 15) is 0 Å². The zero-order chi connectivity index (χ0) is 11.8. The summed E-state index contributed by atoms with van der Waals surface area (Å²) in [6, 6.07) is 5.60. The Morgan fingerprint density at radius 1 is 1.12 bits per heavy atom. The van der Waals surface area contributed by atoms with E-state index in [-0.39, 0.29) is 0 Å². The largest absolute Gasteiger partial charge is 0.497 e. The van der Waals surface area contributed by atoms with Gasteiger partial charge in [0.1, 0.15) is 5.75 Å². The van der Waals surface area contributed by atoms with Gasteiger partial charge in [0.15, 0.2) is 0 Å². The van der Waals surface area contributed by atoms with E-state index in [1.165, 1.54) is 0 Å². The minimum absolute atomic E-state index is 0.547. The van der Waals surface area contributed by atoms with Crippen LogP contribution in [0.25, 0.3) is 0 Å². The quantitative estimate of drug-likeness (QED) is 0.568. The smallest absolute Gasteiger partial charge is 0.121 e. The molecule has 1 aromatic rings. The summed E-state index contributed by atoms with van der Waals surface area (Å²) in [5.74, 6) is 0.760. The molecule has 16 heavy (non-hydrogen) atoms. The van der Waals surface area contributed by atoms with Crippen molar-refractivity contribution in [2.75, 3.05) is 33.2 Å². The van der Waals surface area contributed by atoms with Gasteiger partial charge in [0, 0.05) is 32.1 Å². The Morgan fingerprint density at radius 2 is 1.94 bits per heavy atom. The summed E-state index contributed by atoms with van der Waals surface area (Å²) in [5, 5.41) is 0. The number of methoxy groups -OCH3 is 2. The summed E-state index contributed by atoms with van der Waals surface area (Å²) < 4.78 is 15.5. The number of benzene rings is 1. The predicted octanol–water partition coefficient (Wildman–Crippen LogP) is 1.83. The Balaban J connectivity index is 2.38. The van der Waals surface area contributed by atoms with Crippen molar-refractivity contribution in [2.24, 2.45) is 0 Å². The zero-order valence-electron chi connectivity index (χ0n) is 9.86. The van der Waals surface area contributed by atoms with Crippen molar-refractivity contribution in [3.63, 3.8) is 0 Å². The molecule has 0 saturated carbocycles. The highest BCUT2D eigenvalue weighted by molar-refractivity contribution is 5.47. The fraction of sp³-hybridized carbons (Fsp3) is 0.500. The molecule has 0 bridgehead atoms. The van der Waals surface area contributed by atoms with Crippen LogP contribution in [-0.2, 0) is 16.1 Å². The number of anilines is 1. The third-order valence-corrected chi connectivity index (χ3v) is 2.13. The van der Waals surface area contributed by atoms with Gasteiger partial charge < -0.3 is 19.9 Å². The zero-order valence-corrected chi connectivity index (χ0v) is 9.86. The van der Waals surface area contributed by atoms with Crippen molar-refractivity contribution in [1.82, 2.24) is 0 Å². The summed E-state index contributed by atoms with van der Waals surface area (Å²) in [7, 11) is 3.31. The lowest BCUT2D eigenvalue weighted by molar-refractivity contribution is 0.0928. The highest BCUT2D eigenvalue weighted by Gasteiger charge is 1.99. The molecule has 0 aliphatic carbocycles. The van der Waals surface area contributed by atoms with Crippen LogP contribution in [0.1, 0.15) is 12.0 Å². The molecule has 90 valence electrons. The number of rotatable bonds is 7. The fourth-order valence-corrected chi connectivity index (χ4v) is 1.38. The first kappa shape index (κ1) is 12.8. The van der Waals surface area contributed by atoms with E-state index >= 15 is 0 Å². The lowest BCUT2D eigenvalue weighted by atomic mass is 10.2. The van der Waals surface area contributed by atoms with E-state index in [4.69, 9.17) is 19.9 Å². The molecule has 4 heteroatoms. The molecule has 1 rings (SSSR count). The van der Waals surface area contributed by atoms with Gasteiger partial charge in [0.2, 0.25) is 0 Å². The molecule has 0 heterocycles. The third-order valence-electron chi connectivity index (χ3n) is 2.13. The van der Waals surface area contributed by atoms with E-state index in [1.807, 2.05) is 12.1 Å². The molecule has 0 atom stereocenters. The van der Waals surface area contributed by atoms with Gasteiger partial charge >= 0.3 is 0 Å². The van der Waals surface area contributed by atoms with Crippen LogP contribution in [0.3, 0.4) is 0 Å². The maximum absolute atomic E-state index is 5.73. The summed E-state index contributed by atoms with van der Waals surface area (Å²) in [6.45, 7) is 1.95. The fourth-order valence-electron chi connectivity index (χ4n) is 1.38. The molecule has 0 unspecified atom stereocenters. The van der Waals surface area contributed by atoms with Crippen molar-refractivity contribution in [3.8, 4) is 5.75 Å². The number of hydrogen-bond donors (Lipinski definition) is 1. The lowest BCUT2D eigenvalue weighted by Crippen LogP contribution is -2.00. The van der Waals surface area contributed by atoms with Crippen molar-refractivity contribution in [2.45, 2.75) is 13.0 Å². The molecule has 0 aliphatic rings. The van der Waals surface area contributed by atoms with Crippen LogP contribution in [0, 0.1) is 0 Å². The summed E-state index contributed by atoms with van der Waals surface area (Å²) in [5.41, 5.74) is 7.44. The van der Waals surface area contributed by atoms with Crippen LogP contribution in [0.2, 0.25) is 0 Å². The van der Waals surface area contributed by atoms with Gasteiger partial charge in [0.25, 0.3) is 0 Å². The Labute approximate surface area is 96.3 Å². The first-order chi connectivity index (χ1) is 7.76. The first-order valence-electron chi connectivity index (χ1n) is 5.26. The lowest BCUT2D eigenvalue weighted by Gasteiger charge is -2.07. The van der Waals surface area contributed by atoms with Gasteiger partial charge in [-0.3, -0.25) is 0 Å². The van der Waals surface area contributed by atoms with E-state index in [1.54, 1.807) is 20.3 Å². The number of nitrogens with two attached hydrogens (primary N) is 1. The Hall–Kier alpha value is -1.26. The molecular formula is C12H19NO3.